The Balaban J connectivity index is 2.15. The van der Waals surface area contributed by atoms with Gasteiger partial charge in [-0.3, -0.25) is 9.78 Å². The highest BCUT2D eigenvalue weighted by Gasteiger charge is 2.48. The highest BCUT2D eigenvalue weighted by Crippen LogP contribution is 2.47. The van der Waals surface area contributed by atoms with Gasteiger partial charge in [-0.25, -0.2) is 4.79 Å². The molecule has 1 aliphatic heterocycles. The van der Waals surface area contributed by atoms with Crippen molar-refractivity contribution in [2.75, 3.05) is 28.4 Å². The predicted molar refractivity (Wildman–Crippen MR) is 102 cm³/mol. The van der Waals surface area contributed by atoms with E-state index in [0.29, 0.717) is 22.8 Å². The van der Waals surface area contributed by atoms with Crippen LogP contribution in [0.4, 0.5) is 0 Å². The molecule has 0 saturated carbocycles. The Morgan fingerprint density at radius 3 is 2.31 bits per heavy atom. The van der Waals surface area contributed by atoms with Crippen molar-refractivity contribution < 1.29 is 33.3 Å². The fourth-order valence-electron chi connectivity index (χ4n) is 3.23. The topological polar surface area (TPSA) is 93.2 Å². The number of nitrogens with zero attached hydrogens (tertiary/aromatic N) is 1. The number of carbonyl (C=O) groups excluding carboxylic acids is 2. The summed E-state index contributed by atoms with van der Waals surface area (Å²) in [6.45, 7) is 0. The van der Waals surface area contributed by atoms with Crippen molar-refractivity contribution in [1.82, 2.24) is 4.98 Å². The lowest BCUT2D eigenvalue weighted by atomic mass is 9.89. The van der Waals surface area contributed by atoms with Crippen LogP contribution in [0.3, 0.4) is 0 Å². The molecule has 2 atom stereocenters. The lowest BCUT2D eigenvalue weighted by molar-refractivity contribution is -0.149. The summed E-state index contributed by atoms with van der Waals surface area (Å²) in [7, 11) is 5.52. The molecule has 0 spiro atoms. The third-order valence-electron chi connectivity index (χ3n) is 4.60. The Hall–Kier alpha value is -3.55. The number of aromatic nitrogens is 1. The van der Waals surface area contributed by atoms with Crippen molar-refractivity contribution in [2.24, 2.45) is 5.92 Å². The van der Waals surface area contributed by atoms with Gasteiger partial charge in [0.15, 0.2) is 17.3 Å². The average molecular weight is 399 g/mol. The second-order valence-electron chi connectivity index (χ2n) is 6.10. The first-order chi connectivity index (χ1) is 14.0. The normalized spacial score (nSPS) is 18.1. The third-order valence-corrected chi connectivity index (χ3v) is 4.60. The van der Waals surface area contributed by atoms with Crippen LogP contribution in [-0.2, 0) is 23.8 Å². The van der Waals surface area contributed by atoms with Gasteiger partial charge < -0.3 is 23.7 Å². The van der Waals surface area contributed by atoms with Gasteiger partial charge in [-0.05, 0) is 29.8 Å². The van der Waals surface area contributed by atoms with Crippen LogP contribution in [-0.4, -0.2) is 45.4 Å². The SMILES string of the molecule is COC(=O)C1=C(c2ccccn2)O[C@@H](c2ccc(OC)c(OC)c2)[C@@H]1C(=O)OC. The van der Waals surface area contributed by atoms with E-state index in [4.69, 9.17) is 23.7 Å². The van der Waals surface area contributed by atoms with Crippen molar-refractivity contribution in [3.63, 3.8) is 0 Å². The zero-order valence-electron chi connectivity index (χ0n) is 16.5. The number of ether oxygens (including phenoxy) is 5. The second-order valence-corrected chi connectivity index (χ2v) is 6.10. The lowest BCUT2D eigenvalue weighted by Crippen LogP contribution is -2.26. The predicted octanol–water partition coefficient (Wildman–Crippen LogP) is 2.54. The molecule has 0 bridgehead atoms. The molecule has 0 aliphatic carbocycles. The monoisotopic (exact) mass is 399 g/mol. The van der Waals surface area contributed by atoms with Crippen LogP contribution in [0.1, 0.15) is 17.4 Å². The van der Waals surface area contributed by atoms with Gasteiger partial charge in [-0.2, -0.15) is 0 Å². The van der Waals surface area contributed by atoms with Crippen molar-refractivity contribution in [2.45, 2.75) is 6.10 Å². The maximum absolute atomic E-state index is 12.7. The van der Waals surface area contributed by atoms with Gasteiger partial charge in [0, 0.05) is 6.20 Å². The first-order valence-electron chi connectivity index (χ1n) is 8.76. The molecular weight excluding hydrogens is 378 g/mol. The molecule has 3 rings (SSSR count). The maximum Gasteiger partial charge on any atom is 0.338 e. The Morgan fingerprint density at radius 2 is 1.72 bits per heavy atom. The van der Waals surface area contributed by atoms with E-state index in [1.807, 2.05) is 0 Å². The van der Waals surface area contributed by atoms with Gasteiger partial charge >= 0.3 is 11.9 Å². The summed E-state index contributed by atoms with van der Waals surface area (Å²) in [5, 5.41) is 0. The van der Waals surface area contributed by atoms with Gasteiger partial charge in [-0.1, -0.05) is 12.1 Å². The van der Waals surface area contributed by atoms with Crippen molar-refractivity contribution >= 4 is 17.7 Å². The summed E-state index contributed by atoms with van der Waals surface area (Å²) in [4.78, 5) is 29.5. The maximum atomic E-state index is 12.7. The average Bonchev–Trinajstić information content (AvgIpc) is 3.18. The van der Waals surface area contributed by atoms with E-state index in [1.54, 1.807) is 42.6 Å². The van der Waals surface area contributed by atoms with Crippen LogP contribution in [0, 0.1) is 5.92 Å². The number of pyridine rings is 1. The molecule has 152 valence electrons. The minimum Gasteiger partial charge on any atom is -0.493 e. The van der Waals surface area contributed by atoms with Gasteiger partial charge in [0.25, 0.3) is 0 Å². The molecule has 29 heavy (non-hydrogen) atoms. The molecule has 0 saturated heterocycles. The number of hydrogen-bond acceptors (Lipinski definition) is 8. The quantitative estimate of drug-likeness (QED) is 0.684. The molecule has 0 unspecified atom stereocenters. The molecule has 8 nitrogen and oxygen atoms in total. The lowest BCUT2D eigenvalue weighted by Gasteiger charge is -2.20. The van der Waals surface area contributed by atoms with Crippen LogP contribution in [0.5, 0.6) is 11.5 Å². The van der Waals surface area contributed by atoms with E-state index in [9.17, 15) is 9.59 Å². The summed E-state index contributed by atoms with van der Waals surface area (Å²) < 4.78 is 26.6. The van der Waals surface area contributed by atoms with Crippen molar-refractivity contribution in [3.8, 4) is 11.5 Å². The first-order valence-corrected chi connectivity index (χ1v) is 8.76. The Morgan fingerprint density at radius 1 is 0.966 bits per heavy atom. The van der Waals surface area contributed by atoms with Gasteiger partial charge in [0.2, 0.25) is 0 Å². The van der Waals surface area contributed by atoms with Crippen molar-refractivity contribution in [3.05, 3.63) is 59.4 Å². The summed E-state index contributed by atoms with van der Waals surface area (Å²) in [6, 6.07) is 10.3. The molecule has 1 aromatic heterocycles. The number of rotatable bonds is 6. The van der Waals surface area contributed by atoms with Crippen LogP contribution >= 0.6 is 0 Å². The number of hydrogen-bond donors (Lipinski definition) is 0. The minimum atomic E-state index is -1.04. The molecule has 2 aromatic rings. The molecule has 0 amide bonds. The van der Waals surface area contributed by atoms with Crippen molar-refractivity contribution in [1.29, 1.82) is 0 Å². The Bertz CT molecular complexity index is 939. The van der Waals surface area contributed by atoms with E-state index in [-0.39, 0.29) is 11.3 Å². The smallest absolute Gasteiger partial charge is 0.338 e. The standard InChI is InChI=1S/C21H21NO7/c1-25-14-9-8-12(11-15(14)26-2)18-16(20(23)27-3)17(21(24)28-4)19(29-18)13-7-5-6-10-22-13/h5-11,16,18H,1-4H3/t16-,18+/m1/s1. The van der Waals surface area contributed by atoms with Crippen LogP contribution in [0.15, 0.2) is 48.2 Å². The van der Waals surface area contributed by atoms with Crippen LogP contribution in [0.2, 0.25) is 0 Å². The number of esters is 2. The van der Waals surface area contributed by atoms with Gasteiger partial charge in [0.1, 0.15) is 17.7 Å². The molecule has 1 aliphatic rings. The van der Waals surface area contributed by atoms with Gasteiger partial charge in [-0.15, -0.1) is 0 Å². The Labute approximate surface area is 168 Å². The minimum absolute atomic E-state index is 0.0536. The van der Waals surface area contributed by atoms with Crippen LogP contribution in [0.25, 0.3) is 5.76 Å². The van der Waals surface area contributed by atoms with E-state index in [2.05, 4.69) is 4.98 Å². The number of benzene rings is 1. The number of methoxy groups -OCH3 is 4. The zero-order valence-corrected chi connectivity index (χ0v) is 16.5. The number of carbonyl (C=O) groups is 2. The van der Waals surface area contributed by atoms with Crippen LogP contribution < -0.4 is 9.47 Å². The third kappa shape index (κ3) is 3.73. The van der Waals surface area contributed by atoms with E-state index in [0.717, 1.165) is 0 Å². The fraction of sp³-hybridized carbons (Fsp3) is 0.286. The molecule has 1 aromatic carbocycles. The molecule has 0 radical (unpaired) electrons. The van der Waals surface area contributed by atoms with E-state index >= 15 is 0 Å². The fourth-order valence-corrected chi connectivity index (χ4v) is 3.23. The summed E-state index contributed by atoms with van der Waals surface area (Å²) in [5.41, 5.74) is 1.06. The zero-order chi connectivity index (χ0) is 21.0. The van der Waals surface area contributed by atoms with E-state index in [1.165, 1.54) is 28.4 Å². The summed E-state index contributed by atoms with van der Waals surface area (Å²) in [5.74, 6) is -1.20. The summed E-state index contributed by atoms with van der Waals surface area (Å²) >= 11 is 0. The van der Waals surface area contributed by atoms with E-state index < -0.39 is 24.0 Å². The molecule has 8 heteroatoms. The summed E-state index contributed by atoms with van der Waals surface area (Å²) in [6.07, 6.45) is 0.727. The molecule has 0 fully saturated rings. The Kier molecular flexibility index (Phi) is 6.01. The highest BCUT2D eigenvalue weighted by molar-refractivity contribution is 6.03. The highest BCUT2D eigenvalue weighted by atomic mass is 16.5. The largest absolute Gasteiger partial charge is 0.493 e. The van der Waals surface area contributed by atoms with Gasteiger partial charge in [0.05, 0.1) is 34.0 Å². The molecular formula is C21H21NO7. The second kappa shape index (κ2) is 8.64. The molecule has 0 N–H and O–H groups in total. The molecule has 2 heterocycles. The first kappa shape index (κ1) is 20.2.